The van der Waals surface area contributed by atoms with Crippen molar-refractivity contribution in [1.29, 1.82) is 0 Å². The predicted molar refractivity (Wildman–Crippen MR) is 108 cm³/mol. The lowest BCUT2D eigenvalue weighted by Crippen LogP contribution is -2.27. The first-order valence-electron chi connectivity index (χ1n) is 9.14. The van der Waals surface area contributed by atoms with Crippen LogP contribution in [0.15, 0.2) is 30.3 Å². The number of hydrogen-bond acceptors (Lipinski definition) is 4. The summed E-state index contributed by atoms with van der Waals surface area (Å²) in [7, 11) is 3.63. The number of nitrogens with one attached hydrogen (secondary N) is 1. The van der Waals surface area contributed by atoms with Crippen LogP contribution in [0.5, 0.6) is 11.5 Å². The van der Waals surface area contributed by atoms with Gasteiger partial charge in [0.1, 0.15) is 11.5 Å². The van der Waals surface area contributed by atoms with Crippen molar-refractivity contribution in [1.82, 2.24) is 4.90 Å². The number of hydrogen-bond donors (Lipinski definition) is 1. The highest BCUT2D eigenvalue weighted by molar-refractivity contribution is 6.32. The van der Waals surface area contributed by atoms with E-state index in [4.69, 9.17) is 21.1 Å². The van der Waals surface area contributed by atoms with Gasteiger partial charge in [-0.3, -0.25) is 4.79 Å². The van der Waals surface area contributed by atoms with Crippen LogP contribution in [0.4, 0.5) is 5.69 Å². The third kappa shape index (κ3) is 4.37. The summed E-state index contributed by atoms with van der Waals surface area (Å²) in [5, 5.41) is 3.42. The number of benzene rings is 2. The molecule has 1 aliphatic rings. The van der Waals surface area contributed by atoms with E-state index in [2.05, 4.69) is 23.3 Å². The zero-order valence-corrected chi connectivity index (χ0v) is 16.7. The highest BCUT2D eigenvalue weighted by atomic mass is 35.5. The van der Waals surface area contributed by atoms with Gasteiger partial charge in [0.25, 0.3) is 5.91 Å². The highest BCUT2D eigenvalue weighted by Gasteiger charge is 2.20. The van der Waals surface area contributed by atoms with Crippen molar-refractivity contribution in [3.63, 3.8) is 0 Å². The monoisotopic (exact) mass is 388 g/mol. The van der Waals surface area contributed by atoms with Gasteiger partial charge in [-0.05, 0) is 43.1 Å². The van der Waals surface area contributed by atoms with Crippen LogP contribution in [-0.2, 0) is 13.0 Å². The fraction of sp³-hybridized carbons (Fsp3) is 0.381. The van der Waals surface area contributed by atoms with E-state index in [1.54, 1.807) is 12.1 Å². The predicted octanol–water partition coefficient (Wildman–Crippen LogP) is 4.38. The first kappa shape index (κ1) is 19.5. The van der Waals surface area contributed by atoms with E-state index in [9.17, 15) is 4.79 Å². The van der Waals surface area contributed by atoms with Gasteiger partial charge in [-0.1, -0.05) is 30.7 Å². The van der Waals surface area contributed by atoms with E-state index in [1.807, 2.05) is 19.1 Å². The molecule has 0 aromatic heterocycles. The average Bonchev–Trinajstić information content (AvgIpc) is 2.66. The smallest absolute Gasteiger partial charge is 0.259 e. The van der Waals surface area contributed by atoms with Gasteiger partial charge < -0.3 is 19.7 Å². The Balaban J connectivity index is 1.87. The molecule has 0 saturated heterocycles. The molecule has 0 bridgehead atoms. The molecule has 1 heterocycles. The molecule has 3 rings (SSSR count). The maximum atomic E-state index is 12.9. The lowest BCUT2D eigenvalue weighted by atomic mass is 9.98. The molecular weight excluding hydrogens is 364 g/mol. The van der Waals surface area contributed by atoms with Gasteiger partial charge in [0.15, 0.2) is 0 Å². The molecule has 1 N–H and O–H groups in total. The Kier molecular flexibility index (Phi) is 6.24. The fourth-order valence-electron chi connectivity index (χ4n) is 3.26. The number of methoxy groups -OCH3 is 1. The Bertz CT molecular complexity index is 838. The van der Waals surface area contributed by atoms with Crippen molar-refractivity contribution in [3.8, 4) is 11.5 Å². The maximum Gasteiger partial charge on any atom is 0.259 e. The lowest BCUT2D eigenvalue weighted by Gasteiger charge is -2.26. The van der Waals surface area contributed by atoms with Crippen LogP contribution in [-0.4, -0.2) is 38.1 Å². The summed E-state index contributed by atoms with van der Waals surface area (Å²) in [4.78, 5) is 15.2. The minimum absolute atomic E-state index is 0.247. The number of carbonyl (C=O) groups excluding carboxylic acids is 1. The van der Waals surface area contributed by atoms with Crippen LogP contribution in [0.2, 0.25) is 5.02 Å². The highest BCUT2D eigenvalue weighted by Crippen LogP contribution is 2.34. The molecule has 144 valence electrons. The number of likely N-dealkylation sites (N-methyl/N-ethyl adjacent to an activating group) is 1. The molecule has 0 fully saturated rings. The molecule has 6 heteroatoms. The van der Waals surface area contributed by atoms with Gasteiger partial charge in [0.2, 0.25) is 0 Å². The Hall–Kier alpha value is -2.24. The molecule has 0 aliphatic carbocycles. The Morgan fingerprint density at radius 3 is 2.85 bits per heavy atom. The fourth-order valence-corrected chi connectivity index (χ4v) is 3.48. The summed E-state index contributed by atoms with van der Waals surface area (Å²) in [5.74, 6) is 0.711. The minimum Gasteiger partial charge on any atom is -0.496 e. The lowest BCUT2D eigenvalue weighted by molar-refractivity contribution is 0.102. The van der Waals surface area contributed by atoms with Crippen molar-refractivity contribution in [2.24, 2.45) is 0 Å². The van der Waals surface area contributed by atoms with Crippen molar-refractivity contribution in [3.05, 3.63) is 52.0 Å². The van der Waals surface area contributed by atoms with Gasteiger partial charge in [-0.15, -0.1) is 0 Å². The molecule has 2 aromatic rings. The number of fused-ring (bicyclic) bond motifs is 1. The van der Waals surface area contributed by atoms with Crippen LogP contribution < -0.4 is 14.8 Å². The van der Waals surface area contributed by atoms with E-state index in [1.165, 1.54) is 18.2 Å². The van der Waals surface area contributed by atoms with Crippen molar-refractivity contribution >= 4 is 23.2 Å². The molecular formula is C21H25ClN2O3. The second-order valence-electron chi connectivity index (χ2n) is 6.72. The first-order chi connectivity index (χ1) is 13.0. The summed E-state index contributed by atoms with van der Waals surface area (Å²) >= 11 is 6.31. The molecule has 1 aliphatic heterocycles. The maximum absolute atomic E-state index is 12.9. The second kappa shape index (κ2) is 8.63. The van der Waals surface area contributed by atoms with Crippen LogP contribution in [0.3, 0.4) is 0 Å². The van der Waals surface area contributed by atoms with Crippen molar-refractivity contribution < 1.29 is 14.3 Å². The third-order valence-electron chi connectivity index (χ3n) is 4.67. The standard InChI is InChI=1S/C21H25ClN2O3/c1-4-10-27-20-12-19(26-3)16(11-17(20)22)21(25)23-18-7-5-6-14-13-24(2)9-8-15(14)18/h5-7,11-12H,4,8-10,13H2,1-3H3,(H,23,25). The molecule has 0 unspecified atom stereocenters. The van der Waals surface area contributed by atoms with E-state index >= 15 is 0 Å². The molecule has 27 heavy (non-hydrogen) atoms. The number of amides is 1. The van der Waals surface area contributed by atoms with Gasteiger partial charge in [0.05, 0.1) is 24.3 Å². The molecule has 0 atom stereocenters. The molecule has 5 nitrogen and oxygen atoms in total. The summed E-state index contributed by atoms with van der Waals surface area (Å²) in [6, 6.07) is 9.29. The SMILES string of the molecule is CCCOc1cc(OC)c(C(=O)Nc2cccc3c2CCN(C)C3)cc1Cl. The molecule has 1 amide bonds. The Morgan fingerprint density at radius 2 is 2.11 bits per heavy atom. The minimum atomic E-state index is -0.247. The van der Waals surface area contributed by atoms with Crippen molar-refractivity contribution in [2.75, 3.05) is 32.6 Å². The topological polar surface area (TPSA) is 50.8 Å². The second-order valence-corrected chi connectivity index (χ2v) is 7.12. The van der Waals surface area contributed by atoms with E-state index < -0.39 is 0 Å². The molecule has 0 saturated carbocycles. The summed E-state index contributed by atoms with van der Waals surface area (Å²) in [6.07, 6.45) is 1.78. The van der Waals surface area contributed by atoms with Gasteiger partial charge >= 0.3 is 0 Å². The van der Waals surface area contributed by atoms with E-state index in [-0.39, 0.29) is 5.91 Å². The first-order valence-corrected chi connectivity index (χ1v) is 9.52. The zero-order valence-electron chi connectivity index (χ0n) is 16.0. The molecule has 0 radical (unpaired) electrons. The van der Waals surface area contributed by atoms with Crippen LogP contribution in [0, 0.1) is 0 Å². The molecule has 0 spiro atoms. The number of carbonyl (C=O) groups is 1. The van der Waals surface area contributed by atoms with Gasteiger partial charge in [0, 0.05) is 24.8 Å². The largest absolute Gasteiger partial charge is 0.496 e. The number of ether oxygens (including phenoxy) is 2. The van der Waals surface area contributed by atoms with E-state index in [0.717, 1.165) is 31.6 Å². The third-order valence-corrected chi connectivity index (χ3v) is 4.96. The average molecular weight is 389 g/mol. The Labute approximate surface area is 165 Å². The zero-order chi connectivity index (χ0) is 19.4. The van der Waals surface area contributed by atoms with Crippen LogP contribution in [0.1, 0.15) is 34.8 Å². The molecule has 2 aromatic carbocycles. The van der Waals surface area contributed by atoms with Crippen molar-refractivity contribution in [2.45, 2.75) is 26.3 Å². The number of anilines is 1. The number of halogens is 1. The number of nitrogens with zero attached hydrogens (tertiary/aromatic N) is 1. The normalized spacial score (nSPS) is 13.8. The summed E-state index contributed by atoms with van der Waals surface area (Å²) in [5.41, 5.74) is 3.67. The van der Waals surface area contributed by atoms with Gasteiger partial charge in [-0.2, -0.15) is 0 Å². The Morgan fingerprint density at radius 1 is 1.30 bits per heavy atom. The number of rotatable bonds is 6. The van der Waals surface area contributed by atoms with E-state index in [0.29, 0.717) is 28.7 Å². The van der Waals surface area contributed by atoms with Gasteiger partial charge in [-0.25, -0.2) is 0 Å². The quantitative estimate of drug-likeness (QED) is 0.797. The van der Waals surface area contributed by atoms with Crippen LogP contribution in [0.25, 0.3) is 0 Å². The summed E-state index contributed by atoms with van der Waals surface area (Å²) in [6.45, 7) is 4.43. The summed E-state index contributed by atoms with van der Waals surface area (Å²) < 4.78 is 11.0. The van der Waals surface area contributed by atoms with Crippen LogP contribution >= 0.6 is 11.6 Å².